The Hall–Kier alpha value is -3.29. The highest BCUT2D eigenvalue weighted by atomic mass is 16.2. The number of aromatic nitrogens is 4. The molecule has 1 saturated heterocycles. The average molecular weight is 392 g/mol. The topological polar surface area (TPSA) is 83.7 Å². The van der Waals surface area contributed by atoms with Crippen molar-refractivity contribution in [3.8, 4) is 0 Å². The molecule has 150 valence electrons. The molecule has 1 aliphatic rings. The highest BCUT2D eigenvalue weighted by Gasteiger charge is 2.27. The van der Waals surface area contributed by atoms with Crippen LogP contribution in [0.15, 0.2) is 42.9 Å². The number of amides is 2. The van der Waals surface area contributed by atoms with Gasteiger partial charge in [0.05, 0.1) is 18.3 Å². The molecule has 0 aromatic carbocycles. The van der Waals surface area contributed by atoms with E-state index in [9.17, 15) is 9.59 Å². The van der Waals surface area contributed by atoms with Crippen LogP contribution in [0.3, 0.4) is 0 Å². The molecule has 0 unspecified atom stereocenters. The van der Waals surface area contributed by atoms with E-state index in [4.69, 9.17) is 0 Å². The van der Waals surface area contributed by atoms with E-state index in [2.05, 4.69) is 15.1 Å². The summed E-state index contributed by atoms with van der Waals surface area (Å²) in [6, 6.07) is 7.55. The molecule has 3 aromatic heterocycles. The van der Waals surface area contributed by atoms with Crippen LogP contribution in [0.5, 0.6) is 0 Å². The molecule has 29 heavy (non-hydrogen) atoms. The van der Waals surface area contributed by atoms with Gasteiger partial charge in [-0.2, -0.15) is 5.10 Å². The largest absolute Gasteiger partial charge is 0.345 e. The smallest absolute Gasteiger partial charge is 0.258 e. The van der Waals surface area contributed by atoms with Crippen LogP contribution in [0.25, 0.3) is 5.65 Å². The van der Waals surface area contributed by atoms with Gasteiger partial charge in [0.15, 0.2) is 5.65 Å². The number of likely N-dealkylation sites (tertiary alicyclic amines) is 1. The van der Waals surface area contributed by atoms with Crippen molar-refractivity contribution in [2.24, 2.45) is 0 Å². The van der Waals surface area contributed by atoms with Crippen LogP contribution in [0.4, 0.5) is 0 Å². The minimum absolute atomic E-state index is 0.0858. The fourth-order valence-corrected chi connectivity index (χ4v) is 3.83. The van der Waals surface area contributed by atoms with E-state index in [0.717, 1.165) is 30.8 Å². The predicted molar refractivity (Wildman–Crippen MR) is 108 cm³/mol. The van der Waals surface area contributed by atoms with Crippen molar-refractivity contribution in [2.75, 3.05) is 27.2 Å². The first-order valence-electron chi connectivity index (χ1n) is 9.76. The third-order valence-electron chi connectivity index (χ3n) is 5.32. The zero-order valence-electron chi connectivity index (χ0n) is 16.7. The van der Waals surface area contributed by atoms with Crippen LogP contribution >= 0.6 is 0 Å². The SMILES string of the molecule is CN(C)C(=O)c1cnn2c([C@H]3CCCN(C(=O)Cc4ccccn4)C3)ccnc12. The van der Waals surface area contributed by atoms with Gasteiger partial charge in [0, 0.05) is 51.2 Å². The van der Waals surface area contributed by atoms with Crippen LogP contribution in [-0.2, 0) is 11.2 Å². The fraction of sp³-hybridized carbons (Fsp3) is 0.381. The standard InChI is InChI=1S/C21H24N6O2/c1-25(2)21(29)17-13-24-27-18(8-10-23-20(17)27)15-6-5-11-26(14-15)19(28)12-16-7-3-4-9-22-16/h3-4,7-10,13,15H,5-6,11-12,14H2,1-2H3/t15-/m0/s1. The average Bonchev–Trinajstić information content (AvgIpc) is 3.18. The zero-order chi connectivity index (χ0) is 20.4. The van der Waals surface area contributed by atoms with Crippen molar-refractivity contribution < 1.29 is 9.59 Å². The van der Waals surface area contributed by atoms with E-state index in [1.165, 1.54) is 4.90 Å². The lowest BCUT2D eigenvalue weighted by molar-refractivity contribution is -0.131. The maximum absolute atomic E-state index is 12.8. The van der Waals surface area contributed by atoms with E-state index in [1.54, 1.807) is 37.2 Å². The molecule has 0 saturated carbocycles. The summed E-state index contributed by atoms with van der Waals surface area (Å²) in [4.78, 5) is 37.2. The third kappa shape index (κ3) is 3.83. The second-order valence-electron chi connectivity index (χ2n) is 7.54. The number of piperidine rings is 1. The molecule has 4 rings (SSSR count). The quantitative estimate of drug-likeness (QED) is 0.676. The van der Waals surface area contributed by atoms with Gasteiger partial charge in [-0.3, -0.25) is 14.6 Å². The third-order valence-corrected chi connectivity index (χ3v) is 5.32. The van der Waals surface area contributed by atoms with Gasteiger partial charge in [-0.1, -0.05) is 6.07 Å². The van der Waals surface area contributed by atoms with E-state index in [-0.39, 0.29) is 17.7 Å². The van der Waals surface area contributed by atoms with Gasteiger partial charge in [-0.05, 0) is 31.0 Å². The number of fused-ring (bicyclic) bond motifs is 1. The van der Waals surface area contributed by atoms with E-state index in [0.29, 0.717) is 24.2 Å². The predicted octanol–water partition coefficient (Wildman–Crippen LogP) is 1.77. The summed E-state index contributed by atoms with van der Waals surface area (Å²) in [5.74, 6) is 0.104. The summed E-state index contributed by atoms with van der Waals surface area (Å²) in [6.07, 6.45) is 7.19. The number of pyridine rings is 1. The lowest BCUT2D eigenvalue weighted by atomic mass is 9.94. The first-order valence-corrected chi connectivity index (χ1v) is 9.76. The van der Waals surface area contributed by atoms with Crippen molar-refractivity contribution in [3.63, 3.8) is 0 Å². The second kappa shape index (κ2) is 7.98. The number of nitrogens with zero attached hydrogens (tertiary/aromatic N) is 6. The molecule has 4 heterocycles. The molecule has 0 spiro atoms. The van der Waals surface area contributed by atoms with E-state index in [1.807, 2.05) is 29.2 Å². The van der Waals surface area contributed by atoms with Crippen LogP contribution in [0, 0.1) is 0 Å². The van der Waals surface area contributed by atoms with Crippen LogP contribution in [0.1, 0.15) is 40.5 Å². The van der Waals surface area contributed by atoms with E-state index < -0.39 is 0 Å². The van der Waals surface area contributed by atoms with Crippen LogP contribution in [0.2, 0.25) is 0 Å². The van der Waals surface area contributed by atoms with Crippen molar-refractivity contribution in [3.05, 3.63) is 59.8 Å². The fourth-order valence-electron chi connectivity index (χ4n) is 3.83. The summed E-state index contributed by atoms with van der Waals surface area (Å²) in [5.41, 5.74) is 2.79. The summed E-state index contributed by atoms with van der Waals surface area (Å²) in [7, 11) is 3.42. The monoisotopic (exact) mass is 392 g/mol. The van der Waals surface area contributed by atoms with Gasteiger partial charge in [0.1, 0.15) is 5.56 Å². The minimum atomic E-state index is -0.125. The lowest BCUT2D eigenvalue weighted by Crippen LogP contribution is -2.40. The second-order valence-corrected chi connectivity index (χ2v) is 7.54. The highest BCUT2D eigenvalue weighted by Crippen LogP contribution is 2.28. The summed E-state index contributed by atoms with van der Waals surface area (Å²) in [5, 5.41) is 4.43. The van der Waals surface area contributed by atoms with Gasteiger partial charge in [-0.25, -0.2) is 9.50 Å². The first kappa shape index (κ1) is 19.0. The first-order chi connectivity index (χ1) is 14.0. The molecule has 0 N–H and O–H groups in total. The van der Waals surface area contributed by atoms with E-state index >= 15 is 0 Å². The van der Waals surface area contributed by atoms with Crippen LogP contribution < -0.4 is 0 Å². The molecule has 1 fully saturated rings. The molecule has 0 aliphatic carbocycles. The van der Waals surface area contributed by atoms with Crippen molar-refractivity contribution in [1.29, 1.82) is 0 Å². The number of hydrogen-bond acceptors (Lipinski definition) is 5. The van der Waals surface area contributed by atoms with Gasteiger partial charge < -0.3 is 9.80 Å². The molecule has 1 atom stereocenters. The Morgan fingerprint density at radius 1 is 1.17 bits per heavy atom. The number of carbonyl (C=O) groups is 2. The van der Waals surface area contributed by atoms with Crippen molar-refractivity contribution in [2.45, 2.75) is 25.2 Å². The highest BCUT2D eigenvalue weighted by molar-refractivity contribution is 5.99. The Morgan fingerprint density at radius 2 is 2.03 bits per heavy atom. The number of rotatable bonds is 4. The Kier molecular flexibility index (Phi) is 5.24. The minimum Gasteiger partial charge on any atom is -0.345 e. The van der Waals surface area contributed by atoms with Gasteiger partial charge in [-0.15, -0.1) is 0 Å². The molecule has 1 aliphatic heterocycles. The summed E-state index contributed by atoms with van der Waals surface area (Å²) >= 11 is 0. The van der Waals surface area contributed by atoms with Crippen LogP contribution in [-0.4, -0.2) is 68.4 Å². The molecule has 0 radical (unpaired) electrons. The maximum atomic E-state index is 12.8. The van der Waals surface area contributed by atoms with Gasteiger partial charge in [0.25, 0.3) is 5.91 Å². The Bertz CT molecular complexity index is 1030. The molecular weight excluding hydrogens is 368 g/mol. The summed E-state index contributed by atoms with van der Waals surface area (Å²) < 4.78 is 1.74. The molecule has 8 nitrogen and oxygen atoms in total. The zero-order valence-corrected chi connectivity index (χ0v) is 16.7. The Labute approximate surface area is 169 Å². The molecule has 8 heteroatoms. The number of hydrogen-bond donors (Lipinski definition) is 0. The maximum Gasteiger partial charge on any atom is 0.258 e. The van der Waals surface area contributed by atoms with Crippen molar-refractivity contribution >= 4 is 17.5 Å². The van der Waals surface area contributed by atoms with Gasteiger partial charge >= 0.3 is 0 Å². The molecule has 3 aromatic rings. The lowest BCUT2D eigenvalue weighted by Gasteiger charge is -2.33. The normalized spacial score (nSPS) is 16.8. The summed E-state index contributed by atoms with van der Waals surface area (Å²) in [6.45, 7) is 1.38. The van der Waals surface area contributed by atoms with Crippen molar-refractivity contribution in [1.82, 2.24) is 29.4 Å². The molecular formula is C21H24N6O2. The number of carbonyl (C=O) groups excluding carboxylic acids is 2. The molecule has 2 amide bonds. The van der Waals surface area contributed by atoms with Gasteiger partial charge in [0.2, 0.25) is 5.91 Å². The Morgan fingerprint density at radius 3 is 2.79 bits per heavy atom. The molecule has 0 bridgehead atoms. The Balaban J connectivity index is 1.56.